The Morgan fingerprint density at radius 3 is 2.56 bits per heavy atom. The predicted octanol–water partition coefficient (Wildman–Crippen LogP) is 3.18. The molecular formula is C16H26N2. The van der Waals surface area contributed by atoms with Crippen LogP contribution in [0.3, 0.4) is 0 Å². The van der Waals surface area contributed by atoms with Gasteiger partial charge in [-0.15, -0.1) is 0 Å². The summed E-state index contributed by atoms with van der Waals surface area (Å²) in [4.78, 5) is 2.63. The maximum Gasteiger partial charge on any atom is 0.0314 e. The molecule has 0 spiro atoms. The van der Waals surface area contributed by atoms with Crippen LogP contribution in [0.2, 0.25) is 0 Å². The van der Waals surface area contributed by atoms with E-state index in [0.29, 0.717) is 0 Å². The van der Waals surface area contributed by atoms with Crippen LogP contribution in [-0.4, -0.2) is 24.5 Å². The Morgan fingerprint density at radius 1 is 1.17 bits per heavy atom. The summed E-state index contributed by atoms with van der Waals surface area (Å²) in [6.07, 6.45) is 3.79. The molecule has 2 nitrogen and oxygen atoms in total. The average Bonchev–Trinajstić information content (AvgIpc) is 2.36. The fraction of sp³-hybridized carbons (Fsp3) is 0.625. The molecule has 2 rings (SSSR count). The maximum atomic E-state index is 5.69. The van der Waals surface area contributed by atoms with Crippen molar-refractivity contribution in [1.29, 1.82) is 0 Å². The van der Waals surface area contributed by atoms with E-state index in [4.69, 9.17) is 5.73 Å². The van der Waals surface area contributed by atoms with Crippen LogP contribution in [0.15, 0.2) is 24.3 Å². The molecule has 0 radical (unpaired) electrons. The second kappa shape index (κ2) is 6.24. The predicted molar refractivity (Wildman–Crippen MR) is 78.6 cm³/mol. The second-order valence-electron chi connectivity index (χ2n) is 5.89. The quantitative estimate of drug-likeness (QED) is 0.827. The van der Waals surface area contributed by atoms with Crippen LogP contribution in [0.5, 0.6) is 0 Å². The molecule has 2 heteroatoms. The number of benzene rings is 1. The maximum absolute atomic E-state index is 5.69. The molecule has 1 aliphatic heterocycles. The van der Waals surface area contributed by atoms with E-state index in [1.807, 2.05) is 12.1 Å². The molecule has 1 fully saturated rings. The van der Waals surface area contributed by atoms with Crippen molar-refractivity contribution in [3.05, 3.63) is 29.8 Å². The van der Waals surface area contributed by atoms with E-state index in [9.17, 15) is 0 Å². The standard InChI is InChI=1S/C16H26N2/c1-13-9-11-18(12-14(13)2)10-3-4-15-5-7-16(17)8-6-15/h5-8,13-14H,3-4,9-12,17H2,1-2H3. The minimum atomic E-state index is 0.857. The first-order chi connectivity index (χ1) is 8.65. The first-order valence-corrected chi connectivity index (χ1v) is 7.22. The third-order valence-corrected chi connectivity index (χ3v) is 4.34. The van der Waals surface area contributed by atoms with Crippen molar-refractivity contribution in [2.45, 2.75) is 33.1 Å². The number of hydrogen-bond donors (Lipinski definition) is 1. The molecule has 0 aliphatic carbocycles. The molecule has 2 atom stereocenters. The summed E-state index contributed by atoms with van der Waals surface area (Å²) in [5.74, 6) is 1.76. The summed E-state index contributed by atoms with van der Waals surface area (Å²) in [6, 6.07) is 8.30. The van der Waals surface area contributed by atoms with Crippen molar-refractivity contribution < 1.29 is 0 Å². The lowest BCUT2D eigenvalue weighted by atomic mass is 9.88. The number of nitrogens with two attached hydrogens (primary N) is 1. The highest BCUT2D eigenvalue weighted by Crippen LogP contribution is 2.22. The minimum Gasteiger partial charge on any atom is -0.399 e. The van der Waals surface area contributed by atoms with E-state index in [0.717, 1.165) is 17.5 Å². The lowest BCUT2D eigenvalue weighted by Crippen LogP contribution is -2.38. The molecular weight excluding hydrogens is 220 g/mol. The first-order valence-electron chi connectivity index (χ1n) is 7.22. The monoisotopic (exact) mass is 246 g/mol. The SMILES string of the molecule is CC1CCN(CCCc2ccc(N)cc2)CC1C. The van der Waals surface area contributed by atoms with Gasteiger partial charge in [0.2, 0.25) is 0 Å². The Balaban J connectivity index is 1.71. The van der Waals surface area contributed by atoms with Gasteiger partial charge in [0.05, 0.1) is 0 Å². The molecule has 0 aromatic heterocycles. The molecule has 1 heterocycles. The number of piperidine rings is 1. The molecule has 18 heavy (non-hydrogen) atoms. The van der Waals surface area contributed by atoms with Crippen LogP contribution in [0.4, 0.5) is 5.69 Å². The lowest BCUT2D eigenvalue weighted by Gasteiger charge is -2.35. The highest BCUT2D eigenvalue weighted by atomic mass is 15.1. The van der Waals surface area contributed by atoms with Gasteiger partial charge in [-0.25, -0.2) is 0 Å². The molecule has 0 bridgehead atoms. The highest BCUT2D eigenvalue weighted by Gasteiger charge is 2.21. The number of likely N-dealkylation sites (tertiary alicyclic amines) is 1. The van der Waals surface area contributed by atoms with Gasteiger partial charge in [0.1, 0.15) is 0 Å². The van der Waals surface area contributed by atoms with E-state index in [1.54, 1.807) is 0 Å². The van der Waals surface area contributed by atoms with Crippen LogP contribution in [0.25, 0.3) is 0 Å². The number of anilines is 1. The molecule has 2 unspecified atom stereocenters. The number of nitrogens with zero attached hydrogens (tertiary/aromatic N) is 1. The first kappa shape index (κ1) is 13.4. The Morgan fingerprint density at radius 2 is 1.89 bits per heavy atom. The third kappa shape index (κ3) is 3.74. The van der Waals surface area contributed by atoms with E-state index in [1.165, 1.54) is 44.5 Å². The van der Waals surface area contributed by atoms with Gasteiger partial charge in [-0.05, 0) is 61.9 Å². The molecule has 1 aromatic rings. The lowest BCUT2D eigenvalue weighted by molar-refractivity contribution is 0.137. The number of nitrogen functional groups attached to an aromatic ring is 1. The van der Waals surface area contributed by atoms with Gasteiger partial charge >= 0.3 is 0 Å². The van der Waals surface area contributed by atoms with Crippen molar-refractivity contribution >= 4 is 5.69 Å². The van der Waals surface area contributed by atoms with Crippen LogP contribution < -0.4 is 5.73 Å². The largest absolute Gasteiger partial charge is 0.399 e. The van der Waals surface area contributed by atoms with Crippen LogP contribution in [0, 0.1) is 11.8 Å². The van der Waals surface area contributed by atoms with Crippen LogP contribution in [-0.2, 0) is 6.42 Å². The number of rotatable bonds is 4. The Hall–Kier alpha value is -1.02. The van der Waals surface area contributed by atoms with Crippen molar-refractivity contribution in [2.75, 3.05) is 25.4 Å². The zero-order valence-corrected chi connectivity index (χ0v) is 11.7. The molecule has 1 saturated heterocycles. The second-order valence-corrected chi connectivity index (χ2v) is 5.89. The van der Waals surface area contributed by atoms with Crippen molar-refractivity contribution in [3.8, 4) is 0 Å². The van der Waals surface area contributed by atoms with Gasteiger partial charge in [-0.3, -0.25) is 0 Å². The summed E-state index contributed by atoms with van der Waals surface area (Å²) in [6.45, 7) is 8.57. The van der Waals surface area contributed by atoms with Crippen molar-refractivity contribution in [1.82, 2.24) is 4.90 Å². The van der Waals surface area contributed by atoms with Crippen molar-refractivity contribution in [3.63, 3.8) is 0 Å². The van der Waals surface area contributed by atoms with Crippen molar-refractivity contribution in [2.24, 2.45) is 11.8 Å². The molecule has 1 aromatic carbocycles. The molecule has 0 amide bonds. The molecule has 1 aliphatic rings. The number of hydrogen-bond acceptors (Lipinski definition) is 2. The van der Waals surface area contributed by atoms with E-state index in [2.05, 4.69) is 30.9 Å². The van der Waals surface area contributed by atoms with Gasteiger partial charge in [0, 0.05) is 12.2 Å². The van der Waals surface area contributed by atoms with E-state index in [-0.39, 0.29) is 0 Å². The Bertz CT molecular complexity index is 358. The Kier molecular flexibility index (Phi) is 4.65. The fourth-order valence-corrected chi connectivity index (χ4v) is 2.74. The number of aryl methyl sites for hydroxylation is 1. The summed E-state index contributed by atoms with van der Waals surface area (Å²) in [7, 11) is 0. The summed E-state index contributed by atoms with van der Waals surface area (Å²) < 4.78 is 0. The Labute approximate surface area is 111 Å². The zero-order valence-electron chi connectivity index (χ0n) is 11.7. The highest BCUT2D eigenvalue weighted by molar-refractivity contribution is 5.39. The van der Waals surface area contributed by atoms with Crippen LogP contribution in [0.1, 0.15) is 32.3 Å². The van der Waals surface area contributed by atoms with Gasteiger partial charge in [-0.1, -0.05) is 26.0 Å². The van der Waals surface area contributed by atoms with Gasteiger partial charge < -0.3 is 10.6 Å². The van der Waals surface area contributed by atoms with Gasteiger partial charge in [0.25, 0.3) is 0 Å². The van der Waals surface area contributed by atoms with Gasteiger partial charge in [0.15, 0.2) is 0 Å². The third-order valence-electron chi connectivity index (χ3n) is 4.34. The molecule has 100 valence electrons. The topological polar surface area (TPSA) is 29.3 Å². The van der Waals surface area contributed by atoms with Crippen LogP contribution >= 0.6 is 0 Å². The fourth-order valence-electron chi connectivity index (χ4n) is 2.74. The van der Waals surface area contributed by atoms with E-state index < -0.39 is 0 Å². The molecule has 2 N–H and O–H groups in total. The molecule has 0 saturated carbocycles. The van der Waals surface area contributed by atoms with Gasteiger partial charge in [-0.2, -0.15) is 0 Å². The zero-order chi connectivity index (χ0) is 13.0. The average molecular weight is 246 g/mol. The summed E-state index contributed by atoms with van der Waals surface area (Å²) in [5.41, 5.74) is 7.96. The summed E-state index contributed by atoms with van der Waals surface area (Å²) in [5, 5.41) is 0. The normalized spacial score (nSPS) is 25.2. The van der Waals surface area contributed by atoms with E-state index >= 15 is 0 Å². The minimum absolute atomic E-state index is 0.857. The summed E-state index contributed by atoms with van der Waals surface area (Å²) >= 11 is 0. The smallest absolute Gasteiger partial charge is 0.0314 e.